The van der Waals surface area contributed by atoms with Crippen molar-refractivity contribution < 1.29 is 4.79 Å². The highest BCUT2D eigenvalue weighted by atomic mass is 32.2. The zero-order chi connectivity index (χ0) is 16.2. The van der Waals surface area contributed by atoms with Crippen molar-refractivity contribution in [1.29, 1.82) is 0 Å². The molecule has 1 heterocycles. The van der Waals surface area contributed by atoms with Crippen molar-refractivity contribution in [3.05, 3.63) is 71.8 Å². The van der Waals surface area contributed by atoms with Crippen molar-refractivity contribution in [2.45, 2.75) is 36.8 Å². The molecule has 2 aromatic rings. The molecule has 1 aliphatic rings. The van der Waals surface area contributed by atoms with E-state index in [0.29, 0.717) is 16.4 Å². The van der Waals surface area contributed by atoms with E-state index < -0.39 is 0 Å². The molecule has 1 N–H and O–H groups in total. The van der Waals surface area contributed by atoms with E-state index in [1.807, 2.05) is 11.8 Å². The Kier molecular flexibility index (Phi) is 5.06. The van der Waals surface area contributed by atoms with Gasteiger partial charge in [0.05, 0.1) is 0 Å². The van der Waals surface area contributed by atoms with Crippen LogP contribution in [0.3, 0.4) is 0 Å². The van der Waals surface area contributed by atoms with Gasteiger partial charge in [0.1, 0.15) is 0 Å². The minimum atomic E-state index is 0.0624. The summed E-state index contributed by atoms with van der Waals surface area (Å²) in [5.41, 5.74) is 2.70. The van der Waals surface area contributed by atoms with Gasteiger partial charge in [0.25, 0.3) is 0 Å². The summed E-state index contributed by atoms with van der Waals surface area (Å²) < 4.78 is 0. The lowest BCUT2D eigenvalue weighted by Gasteiger charge is -2.40. The second-order valence-electron chi connectivity index (χ2n) is 6.27. The van der Waals surface area contributed by atoms with E-state index in [1.165, 1.54) is 11.1 Å². The van der Waals surface area contributed by atoms with Crippen LogP contribution in [0.15, 0.2) is 60.7 Å². The summed E-state index contributed by atoms with van der Waals surface area (Å²) in [7, 11) is 0. The van der Waals surface area contributed by atoms with Gasteiger partial charge in [0, 0.05) is 23.5 Å². The number of rotatable bonds is 3. The fourth-order valence-corrected chi connectivity index (χ4v) is 5.11. The molecule has 1 amide bonds. The lowest BCUT2D eigenvalue weighted by atomic mass is 9.88. The fraction of sp³-hybridized carbons (Fsp3) is 0.350. The SMILES string of the molecule is CC(=O)N[C@H]1C[C@@H](c2ccccc2)S[C@@H](c2ccccc2)[C@@H]1C. The van der Waals surface area contributed by atoms with Crippen LogP contribution in [0.2, 0.25) is 0 Å². The molecular formula is C20H23NOS. The maximum Gasteiger partial charge on any atom is 0.217 e. The fourth-order valence-electron chi connectivity index (χ4n) is 3.37. The Hall–Kier alpha value is -1.74. The molecule has 0 saturated carbocycles. The molecule has 3 rings (SSSR count). The van der Waals surface area contributed by atoms with Gasteiger partial charge in [-0.1, -0.05) is 67.6 Å². The van der Waals surface area contributed by atoms with Crippen molar-refractivity contribution in [2.75, 3.05) is 0 Å². The van der Waals surface area contributed by atoms with E-state index in [1.54, 1.807) is 6.92 Å². The van der Waals surface area contributed by atoms with Crippen molar-refractivity contribution in [2.24, 2.45) is 5.92 Å². The van der Waals surface area contributed by atoms with Gasteiger partial charge in [-0.15, -0.1) is 11.8 Å². The second-order valence-corrected chi connectivity index (χ2v) is 7.62. The minimum absolute atomic E-state index is 0.0624. The molecular weight excluding hydrogens is 302 g/mol. The summed E-state index contributed by atoms with van der Waals surface area (Å²) in [5.74, 6) is 0.471. The third-order valence-electron chi connectivity index (χ3n) is 4.58. The average Bonchev–Trinajstić information content (AvgIpc) is 2.58. The summed E-state index contributed by atoms with van der Waals surface area (Å²) in [6.45, 7) is 3.87. The smallest absolute Gasteiger partial charge is 0.217 e. The van der Waals surface area contributed by atoms with Crippen molar-refractivity contribution in [3.63, 3.8) is 0 Å². The van der Waals surface area contributed by atoms with Crippen LogP contribution in [0.5, 0.6) is 0 Å². The number of thioether (sulfide) groups is 1. The van der Waals surface area contributed by atoms with Crippen molar-refractivity contribution in [3.8, 4) is 0 Å². The van der Waals surface area contributed by atoms with Gasteiger partial charge < -0.3 is 5.32 Å². The van der Waals surface area contributed by atoms with Crippen LogP contribution in [0, 0.1) is 5.92 Å². The van der Waals surface area contributed by atoms with Gasteiger partial charge >= 0.3 is 0 Å². The summed E-state index contributed by atoms with van der Waals surface area (Å²) >= 11 is 2.03. The summed E-state index contributed by atoms with van der Waals surface area (Å²) in [6, 6.07) is 21.5. The van der Waals surface area contributed by atoms with Crippen molar-refractivity contribution in [1.82, 2.24) is 5.32 Å². The topological polar surface area (TPSA) is 29.1 Å². The maximum atomic E-state index is 11.6. The highest BCUT2D eigenvalue weighted by Gasteiger charge is 2.37. The molecule has 0 unspecified atom stereocenters. The van der Waals surface area contributed by atoms with Gasteiger partial charge in [0.15, 0.2) is 0 Å². The molecule has 0 radical (unpaired) electrons. The molecule has 120 valence electrons. The molecule has 1 fully saturated rings. The zero-order valence-corrected chi connectivity index (χ0v) is 14.4. The van der Waals surface area contributed by atoms with E-state index >= 15 is 0 Å². The molecule has 0 bridgehead atoms. The molecule has 1 saturated heterocycles. The summed E-state index contributed by atoms with van der Waals surface area (Å²) in [4.78, 5) is 11.6. The van der Waals surface area contributed by atoms with Gasteiger partial charge in [-0.05, 0) is 23.5 Å². The second kappa shape index (κ2) is 7.22. The van der Waals surface area contributed by atoms with Gasteiger partial charge in [-0.2, -0.15) is 0 Å². The molecule has 3 heteroatoms. The lowest BCUT2D eigenvalue weighted by Crippen LogP contribution is -2.43. The maximum absolute atomic E-state index is 11.6. The number of hydrogen-bond acceptors (Lipinski definition) is 2. The normalized spacial score (nSPS) is 27.4. The van der Waals surface area contributed by atoms with E-state index in [4.69, 9.17) is 0 Å². The standard InChI is InChI=1S/C20H23NOS/c1-14-18(21-15(2)22)13-19(16-9-5-3-6-10-16)23-20(14)17-11-7-4-8-12-17/h3-12,14,18-20H,13H2,1-2H3,(H,21,22)/t14-,18+,19+,20-/m1/s1. The van der Waals surface area contributed by atoms with E-state index in [-0.39, 0.29) is 11.9 Å². The van der Waals surface area contributed by atoms with Crippen LogP contribution in [-0.2, 0) is 4.79 Å². The summed E-state index contributed by atoms with van der Waals surface area (Å²) in [5, 5.41) is 3.99. The predicted octanol–water partition coefficient (Wildman–Crippen LogP) is 4.75. The quantitative estimate of drug-likeness (QED) is 0.882. The Bertz CT molecular complexity index is 643. The van der Waals surface area contributed by atoms with Crippen LogP contribution in [0.1, 0.15) is 41.9 Å². The Labute approximate surface area is 142 Å². The third kappa shape index (κ3) is 3.78. The zero-order valence-electron chi connectivity index (χ0n) is 13.6. The monoisotopic (exact) mass is 325 g/mol. The molecule has 1 aliphatic heterocycles. The Morgan fingerprint density at radius 3 is 2.13 bits per heavy atom. The van der Waals surface area contributed by atoms with Crippen LogP contribution in [-0.4, -0.2) is 11.9 Å². The van der Waals surface area contributed by atoms with Gasteiger partial charge in [-0.3, -0.25) is 4.79 Å². The van der Waals surface area contributed by atoms with Crippen LogP contribution in [0.4, 0.5) is 0 Å². The highest BCUT2D eigenvalue weighted by Crippen LogP contribution is 2.52. The molecule has 4 atom stereocenters. The molecule has 0 aromatic heterocycles. The largest absolute Gasteiger partial charge is 0.353 e. The van der Waals surface area contributed by atoms with Gasteiger partial charge in [-0.25, -0.2) is 0 Å². The van der Waals surface area contributed by atoms with E-state index in [0.717, 1.165) is 6.42 Å². The van der Waals surface area contributed by atoms with E-state index in [9.17, 15) is 4.79 Å². The van der Waals surface area contributed by atoms with Crippen LogP contribution >= 0.6 is 11.8 Å². The average molecular weight is 325 g/mol. The first-order valence-corrected chi connectivity index (χ1v) is 9.12. The Morgan fingerprint density at radius 2 is 1.57 bits per heavy atom. The number of nitrogens with one attached hydrogen (secondary N) is 1. The Morgan fingerprint density at radius 1 is 1.00 bits per heavy atom. The molecule has 2 aromatic carbocycles. The molecule has 0 aliphatic carbocycles. The first-order valence-electron chi connectivity index (χ1n) is 8.17. The predicted molar refractivity (Wildman–Crippen MR) is 97.3 cm³/mol. The molecule has 0 spiro atoms. The minimum Gasteiger partial charge on any atom is -0.353 e. The van der Waals surface area contributed by atoms with Crippen LogP contribution in [0.25, 0.3) is 0 Å². The van der Waals surface area contributed by atoms with Gasteiger partial charge in [0.2, 0.25) is 5.91 Å². The van der Waals surface area contributed by atoms with Crippen molar-refractivity contribution >= 4 is 17.7 Å². The number of amides is 1. The first kappa shape index (κ1) is 16.1. The molecule has 2 nitrogen and oxygen atoms in total. The number of carbonyl (C=O) groups is 1. The third-order valence-corrected chi connectivity index (χ3v) is 6.37. The first-order chi connectivity index (χ1) is 11.1. The van der Waals surface area contributed by atoms with E-state index in [2.05, 4.69) is 72.9 Å². The summed E-state index contributed by atoms with van der Waals surface area (Å²) in [6.07, 6.45) is 0.985. The molecule has 23 heavy (non-hydrogen) atoms. The number of benzene rings is 2. The highest BCUT2D eigenvalue weighted by molar-refractivity contribution is 7.99. The lowest BCUT2D eigenvalue weighted by molar-refractivity contribution is -0.120. The number of hydrogen-bond donors (Lipinski definition) is 1. The van der Waals surface area contributed by atoms with Crippen LogP contribution < -0.4 is 5.32 Å². The Balaban J connectivity index is 1.90. The number of carbonyl (C=O) groups excluding carboxylic acids is 1.